The van der Waals surface area contributed by atoms with Crippen molar-refractivity contribution in [3.8, 4) is 0 Å². The van der Waals surface area contributed by atoms with Crippen LogP contribution >= 0.6 is 11.8 Å². The maximum Gasteiger partial charge on any atom is 0.0295 e. The topological polar surface area (TPSA) is 24.9 Å². The Morgan fingerprint density at radius 3 is 2.71 bits per heavy atom. The van der Waals surface area contributed by atoms with Crippen LogP contribution in [0.15, 0.2) is 24.5 Å². The molecule has 1 saturated carbocycles. The summed E-state index contributed by atoms with van der Waals surface area (Å²) in [4.78, 5) is 4.07. The number of thioether (sulfide) groups is 1. The Balaban J connectivity index is 1.95. The van der Waals surface area contributed by atoms with E-state index in [0.717, 1.165) is 5.25 Å². The third kappa shape index (κ3) is 3.46. The molecule has 1 aliphatic rings. The third-order valence-corrected chi connectivity index (χ3v) is 4.85. The quantitative estimate of drug-likeness (QED) is 0.886. The highest BCUT2D eigenvalue weighted by Crippen LogP contribution is 2.28. The van der Waals surface area contributed by atoms with Gasteiger partial charge in [-0.1, -0.05) is 12.8 Å². The van der Waals surface area contributed by atoms with Gasteiger partial charge in [0.2, 0.25) is 0 Å². The van der Waals surface area contributed by atoms with E-state index in [-0.39, 0.29) is 0 Å². The summed E-state index contributed by atoms with van der Waals surface area (Å²) in [6.07, 6.45) is 11.4. The Kier molecular flexibility index (Phi) is 4.86. The molecule has 0 aromatic carbocycles. The standard InChI is InChI=1S/C14H22N2S/c1-11(12-7-9-15-10-8-12)16-13-5-3-4-6-14(13)17-2/h7-11,13-14,16H,3-6H2,1-2H3. The van der Waals surface area contributed by atoms with E-state index >= 15 is 0 Å². The molecule has 17 heavy (non-hydrogen) atoms. The zero-order valence-electron chi connectivity index (χ0n) is 10.7. The zero-order chi connectivity index (χ0) is 12.1. The number of nitrogens with zero attached hydrogens (tertiary/aromatic N) is 1. The second kappa shape index (κ2) is 6.41. The molecule has 0 aliphatic heterocycles. The molecule has 2 nitrogen and oxygen atoms in total. The summed E-state index contributed by atoms with van der Waals surface area (Å²) in [5.74, 6) is 0. The molecule has 0 bridgehead atoms. The van der Waals surface area contributed by atoms with Crippen molar-refractivity contribution in [2.45, 2.75) is 49.9 Å². The van der Waals surface area contributed by atoms with Gasteiger partial charge in [0.15, 0.2) is 0 Å². The van der Waals surface area contributed by atoms with Crippen LogP contribution in [0, 0.1) is 0 Å². The van der Waals surface area contributed by atoms with Crippen LogP contribution in [-0.2, 0) is 0 Å². The molecule has 0 amide bonds. The van der Waals surface area contributed by atoms with Gasteiger partial charge in [-0.05, 0) is 43.7 Å². The fraction of sp³-hybridized carbons (Fsp3) is 0.643. The Hall–Kier alpha value is -0.540. The van der Waals surface area contributed by atoms with E-state index in [4.69, 9.17) is 0 Å². The molecule has 1 aliphatic carbocycles. The minimum absolute atomic E-state index is 0.427. The van der Waals surface area contributed by atoms with Crippen molar-refractivity contribution < 1.29 is 0 Å². The molecule has 1 aromatic rings. The lowest BCUT2D eigenvalue weighted by atomic mass is 9.93. The summed E-state index contributed by atoms with van der Waals surface area (Å²) < 4.78 is 0. The number of hydrogen-bond donors (Lipinski definition) is 1. The maximum absolute atomic E-state index is 4.07. The number of aromatic nitrogens is 1. The highest BCUT2D eigenvalue weighted by atomic mass is 32.2. The summed E-state index contributed by atoms with van der Waals surface area (Å²) in [6.45, 7) is 2.25. The molecule has 94 valence electrons. The summed E-state index contributed by atoms with van der Waals surface area (Å²) in [7, 11) is 0. The molecule has 1 fully saturated rings. The van der Waals surface area contributed by atoms with Gasteiger partial charge in [-0.2, -0.15) is 11.8 Å². The summed E-state index contributed by atoms with van der Waals surface area (Å²) in [5, 5.41) is 4.57. The fourth-order valence-electron chi connectivity index (χ4n) is 2.64. The van der Waals surface area contributed by atoms with Crippen molar-refractivity contribution in [1.82, 2.24) is 10.3 Å². The van der Waals surface area contributed by atoms with Crippen LogP contribution in [-0.4, -0.2) is 22.5 Å². The van der Waals surface area contributed by atoms with Gasteiger partial charge < -0.3 is 5.32 Å². The lowest BCUT2D eigenvalue weighted by Crippen LogP contribution is -2.41. The van der Waals surface area contributed by atoms with E-state index in [2.05, 4.69) is 35.6 Å². The zero-order valence-corrected chi connectivity index (χ0v) is 11.5. The first-order valence-electron chi connectivity index (χ1n) is 6.50. The fourth-order valence-corrected chi connectivity index (χ4v) is 3.58. The third-order valence-electron chi connectivity index (χ3n) is 3.68. The van der Waals surface area contributed by atoms with Crippen LogP contribution in [0.4, 0.5) is 0 Å². The van der Waals surface area contributed by atoms with Crippen molar-refractivity contribution in [3.63, 3.8) is 0 Å². The molecule has 1 N–H and O–H groups in total. The first-order chi connectivity index (χ1) is 8.31. The number of rotatable bonds is 4. The minimum atomic E-state index is 0.427. The average Bonchev–Trinajstić information content (AvgIpc) is 2.40. The molecule has 3 atom stereocenters. The molecular formula is C14H22N2S. The molecule has 0 saturated heterocycles. The molecule has 1 aromatic heterocycles. The lowest BCUT2D eigenvalue weighted by molar-refractivity contribution is 0.356. The number of hydrogen-bond acceptors (Lipinski definition) is 3. The van der Waals surface area contributed by atoms with Crippen molar-refractivity contribution in [3.05, 3.63) is 30.1 Å². The number of nitrogens with one attached hydrogen (secondary N) is 1. The SMILES string of the molecule is CSC1CCCCC1NC(C)c1ccncc1. The Labute approximate surface area is 109 Å². The van der Waals surface area contributed by atoms with Gasteiger partial charge in [-0.25, -0.2) is 0 Å². The minimum Gasteiger partial charge on any atom is -0.306 e. The first-order valence-corrected chi connectivity index (χ1v) is 7.79. The Morgan fingerprint density at radius 1 is 1.29 bits per heavy atom. The maximum atomic E-state index is 4.07. The summed E-state index contributed by atoms with van der Waals surface area (Å²) >= 11 is 2.02. The highest BCUT2D eigenvalue weighted by molar-refractivity contribution is 7.99. The van der Waals surface area contributed by atoms with Gasteiger partial charge in [0.05, 0.1) is 0 Å². The second-order valence-corrected chi connectivity index (χ2v) is 5.91. The first kappa shape index (κ1) is 12.9. The second-order valence-electron chi connectivity index (χ2n) is 4.83. The van der Waals surface area contributed by atoms with Crippen LogP contribution in [0.25, 0.3) is 0 Å². The van der Waals surface area contributed by atoms with Gasteiger partial charge >= 0.3 is 0 Å². The van der Waals surface area contributed by atoms with Gasteiger partial charge in [-0.15, -0.1) is 0 Å². The molecular weight excluding hydrogens is 228 g/mol. The van der Waals surface area contributed by atoms with Crippen molar-refractivity contribution in [1.29, 1.82) is 0 Å². The molecule has 2 rings (SSSR count). The average molecular weight is 250 g/mol. The van der Waals surface area contributed by atoms with Crippen molar-refractivity contribution in [2.24, 2.45) is 0 Å². The van der Waals surface area contributed by atoms with Crippen LogP contribution in [0.5, 0.6) is 0 Å². The van der Waals surface area contributed by atoms with Crippen molar-refractivity contribution in [2.75, 3.05) is 6.26 Å². The monoisotopic (exact) mass is 250 g/mol. The van der Waals surface area contributed by atoms with E-state index in [0.29, 0.717) is 12.1 Å². The van der Waals surface area contributed by atoms with E-state index in [1.165, 1.54) is 31.2 Å². The van der Waals surface area contributed by atoms with Crippen LogP contribution in [0.1, 0.15) is 44.2 Å². The molecule has 0 spiro atoms. The summed E-state index contributed by atoms with van der Waals surface area (Å²) in [6, 6.07) is 5.31. The van der Waals surface area contributed by atoms with E-state index in [1.54, 1.807) is 0 Å². The van der Waals surface area contributed by atoms with E-state index in [9.17, 15) is 0 Å². The Morgan fingerprint density at radius 2 is 2.00 bits per heavy atom. The van der Waals surface area contributed by atoms with Gasteiger partial charge in [-0.3, -0.25) is 4.98 Å². The molecule has 3 heteroatoms. The number of pyridine rings is 1. The van der Waals surface area contributed by atoms with Gasteiger partial charge in [0.1, 0.15) is 0 Å². The summed E-state index contributed by atoms with van der Waals surface area (Å²) in [5.41, 5.74) is 1.34. The van der Waals surface area contributed by atoms with Crippen molar-refractivity contribution >= 4 is 11.8 Å². The van der Waals surface area contributed by atoms with E-state index in [1.807, 2.05) is 24.2 Å². The van der Waals surface area contributed by atoms with Crippen LogP contribution < -0.4 is 5.32 Å². The van der Waals surface area contributed by atoms with Gasteiger partial charge in [0.25, 0.3) is 0 Å². The van der Waals surface area contributed by atoms with Crippen LogP contribution in [0.3, 0.4) is 0 Å². The molecule has 1 heterocycles. The predicted molar refractivity (Wildman–Crippen MR) is 75.3 cm³/mol. The Bertz CT molecular complexity index is 328. The molecule has 3 unspecified atom stereocenters. The predicted octanol–water partition coefficient (Wildman–Crippen LogP) is 3.41. The highest BCUT2D eigenvalue weighted by Gasteiger charge is 2.25. The molecule has 0 radical (unpaired) electrons. The normalized spacial score (nSPS) is 26.7. The lowest BCUT2D eigenvalue weighted by Gasteiger charge is -2.33. The van der Waals surface area contributed by atoms with Gasteiger partial charge in [0, 0.05) is 29.7 Å². The van der Waals surface area contributed by atoms with E-state index < -0.39 is 0 Å². The smallest absolute Gasteiger partial charge is 0.0295 e. The largest absolute Gasteiger partial charge is 0.306 e. The van der Waals surface area contributed by atoms with Crippen LogP contribution in [0.2, 0.25) is 0 Å².